The third kappa shape index (κ3) is 2.75. The molecule has 0 saturated carbocycles. The fraction of sp³-hybridized carbons (Fsp3) is 0.375. The van der Waals surface area contributed by atoms with Crippen LogP contribution in [0.3, 0.4) is 0 Å². The summed E-state index contributed by atoms with van der Waals surface area (Å²) in [6.45, 7) is 5.87. The Hall–Kier alpha value is -1.85. The fourth-order valence-electron chi connectivity index (χ4n) is 2.99. The predicted molar refractivity (Wildman–Crippen MR) is 93.1 cm³/mol. The lowest BCUT2D eigenvalue weighted by Crippen LogP contribution is -2.49. The third-order valence-electron chi connectivity index (χ3n) is 4.13. The molecule has 1 saturated heterocycles. The third-order valence-corrected chi connectivity index (χ3v) is 6.18. The van der Waals surface area contributed by atoms with E-state index in [0.29, 0.717) is 31.2 Å². The topological polar surface area (TPSA) is 83.6 Å². The van der Waals surface area contributed by atoms with Crippen molar-refractivity contribution in [2.75, 3.05) is 23.9 Å². The minimum atomic E-state index is -3.00. The maximum absolute atomic E-state index is 10.7. The van der Waals surface area contributed by atoms with Gasteiger partial charge in [0.2, 0.25) is 0 Å². The molecule has 3 rings (SSSR count). The van der Waals surface area contributed by atoms with Gasteiger partial charge in [-0.3, -0.25) is 13.4 Å². The molecule has 2 aromatic rings. The summed E-state index contributed by atoms with van der Waals surface area (Å²) in [6, 6.07) is 9.44. The van der Waals surface area contributed by atoms with E-state index < -0.39 is 11.0 Å². The summed E-state index contributed by atoms with van der Waals surface area (Å²) in [6.07, 6.45) is 1.60. The molecule has 1 fully saturated rings. The molecule has 1 aliphatic heterocycles. The van der Waals surface area contributed by atoms with Crippen molar-refractivity contribution in [1.29, 1.82) is 5.26 Å². The normalized spacial score (nSPS) is 22.7. The minimum Gasteiger partial charge on any atom is -0.268 e. The Bertz CT molecular complexity index is 774. The molecular weight excluding hydrogens is 312 g/mol. The van der Waals surface area contributed by atoms with Crippen molar-refractivity contribution in [2.24, 2.45) is 5.92 Å². The van der Waals surface area contributed by atoms with Crippen LogP contribution in [0, 0.1) is 17.2 Å². The summed E-state index contributed by atoms with van der Waals surface area (Å²) in [5.74, 6) is 0.331. The minimum absolute atomic E-state index is 0.331. The summed E-state index contributed by atoms with van der Waals surface area (Å²) in [5, 5.41) is 10.8. The van der Waals surface area contributed by atoms with Crippen molar-refractivity contribution >= 4 is 27.4 Å². The number of aromatic nitrogens is 1. The van der Waals surface area contributed by atoms with Gasteiger partial charge in [0.05, 0.1) is 5.69 Å². The lowest BCUT2D eigenvalue weighted by Gasteiger charge is -2.55. The van der Waals surface area contributed by atoms with E-state index in [-0.39, 0.29) is 0 Å². The molecule has 122 valence electrons. The van der Waals surface area contributed by atoms with Gasteiger partial charge in [0, 0.05) is 31.2 Å². The van der Waals surface area contributed by atoms with E-state index in [1.54, 1.807) is 14.8 Å². The highest BCUT2D eigenvalue weighted by Crippen LogP contribution is 2.52. The second kappa shape index (κ2) is 5.98. The number of fused-ring (bicyclic) bond motifs is 1. The molecule has 0 unspecified atom stereocenters. The number of nitriles is 1. The Morgan fingerprint density at radius 3 is 2.83 bits per heavy atom. The quantitative estimate of drug-likeness (QED) is 0.876. The molecule has 2 N–H and O–H groups in total. The summed E-state index contributed by atoms with van der Waals surface area (Å²) in [4.78, 5) is 4.06. The zero-order valence-corrected chi connectivity index (χ0v) is 14.0. The number of hydrogen-bond donors (Lipinski definition) is 2. The summed E-state index contributed by atoms with van der Waals surface area (Å²) < 4.78 is 24.7. The lowest BCUT2D eigenvalue weighted by molar-refractivity contribution is 0.295. The van der Waals surface area contributed by atoms with Crippen molar-refractivity contribution in [3.63, 3.8) is 0 Å². The van der Waals surface area contributed by atoms with Gasteiger partial charge in [0.25, 0.3) is 0 Å². The van der Waals surface area contributed by atoms with Crippen LogP contribution in [0.25, 0.3) is 10.8 Å². The van der Waals surface area contributed by atoms with E-state index >= 15 is 0 Å². The number of pyridine rings is 1. The first-order chi connectivity index (χ1) is 11.0. The zero-order valence-electron chi connectivity index (χ0n) is 13.2. The molecule has 7 heteroatoms. The predicted octanol–water partition coefficient (Wildman–Crippen LogP) is 3.47. The summed E-state index contributed by atoms with van der Waals surface area (Å²) >= 11 is 0. The number of hydrogen-bond acceptors (Lipinski definition) is 6. The second-order valence-electron chi connectivity index (χ2n) is 5.81. The van der Waals surface area contributed by atoms with Gasteiger partial charge in [-0.1, -0.05) is 24.8 Å². The Morgan fingerprint density at radius 2 is 2.13 bits per heavy atom. The molecule has 1 aromatic heterocycles. The van der Waals surface area contributed by atoms with Gasteiger partial charge in [-0.05, 0) is 35.6 Å². The smallest absolute Gasteiger partial charge is 0.148 e. The van der Waals surface area contributed by atoms with E-state index in [2.05, 4.69) is 18.0 Å². The van der Waals surface area contributed by atoms with Gasteiger partial charge in [0.15, 0.2) is 0 Å². The Labute approximate surface area is 137 Å². The fourth-order valence-corrected chi connectivity index (χ4v) is 4.92. The van der Waals surface area contributed by atoms with E-state index in [9.17, 15) is 9.11 Å². The molecule has 2 heterocycles. The van der Waals surface area contributed by atoms with Crippen molar-refractivity contribution in [3.05, 3.63) is 36.2 Å². The number of benzene rings is 1. The molecule has 1 aliphatic rings. The molecule has 0 bridgehead atoms. The average molecular weight is 332 g/mol. The molecule has 1 atom stereocenters. The molecule has 6 nitrogen and oxygen atoms in total. The Kier molecular flexibility index (Phi) is 4.17. The molecule has 1 aromatic carbocycles. The van der Waals surface area contributed by atoms with Crippen LogP contribution >= 0.6 is 11.0 Å². The van der Waals surface area contributed by atoms with Crippen LogP contribution in [0.1, 0.15) is 19.5 Å². The van der Waals surface area contributed by atoms with Crippen LogP contribution in [0.2, 0.25) is 0 Å². The largest absolute Gasteiger partial charge is 0.268 e. The molecule has 0 amide bonds. The summed E-state index contributed by atoms with van der Waals surface area (Å²) in [7, 11) is -3.00. The van der Waals surface area contributed by atoms with E-state index in [4.69, 9.17) is 5.26 Å². The molecular formula is C16H20N4O2S. The Morgan fingerprint density at radius 1 is 1.35 bits per heavy atom. The molecule has 0 aliphatic carbocycles. The van der Waals surface area contributed by atoms with Gasteiger partial charge < -0.3 is 0 Å². The highest BCUT2D eigenvalue weighted by atomic mass is 32.3. The maximum atomic E-state index is 10.7. The van der Waals surface area contributed by atoms with Gasteiger partial charge in [-0.2, -0.15) is 9.57 Å². The van der Waals surface area contributed by atoms with E-state index in [0.717, 1.165) is 16.5 Å². The van der Waals surface area contributed by atoms with Crippen LogP contribution in [0.5, 0.6) is 0 Å². The standard InChI is InChI=1S/C16H20N4O2S/c1-3-19-10-12(2)11-20(23(19,21)22)14-4-5-15-13(8-14)6-7-18-16(15)9-17/h4-8,12,21-22H,3,10-11H2,1-2H3/t12-/m1/s1. The van der Waals surface area contributed by atoms with Crippen molar-refractivity contribution in [2.45, 2.75) is 13.8 Å². The van der Waals surface area contributed by atoms with Gasteiger partial charge in [-0.15, -0.1) is 0 Å². The van der Waals surface area contributed by atoms with Gasteiger partial charge in [0.1, 0.15) is 11.8 Å². The molecule has 0 radical (unpaired) electrons. The SMILES string of the molecule is CCN1C[C@@H](C)CN(c2ccc3c(C#N)nccc3c2)S1(O)O. The first kappa shape index (κ1) is 16.0. The monoisotopic (exact) mass is 332 g/mol. The number of rotatable bonds is 2. The highest BCUT2D eigenvalue weighted by Gasteiger charge is 2.36. The van der Waals surface area contributed by atoms with Crippen molar-refractivity contribution in [1.82, 2.24) is 9.29 Å². The molecule has 0 spiro atoms. The van der Waals surface area contributed by atoms with Gasteiger partial charge >= 0.3 is 0 Å². The first-order valence-corrected chi connectivity index (χ1v) is 9.03. The lowest BCUT2D eigenvalue weighted by atomic mass is 10.1. The van der Waals surface area contributed by atoms with Crippen molar-refractivity contribution < 1.29 is 9.11 Å². The number of nitrogens with zero attached hydrogens (tertiary/aromatic N) is 4. The van der Waals surface area contributed by atoms with E-state index in [1.165, 1.54) is 0 Å². The average Bonchev–Trinajstić information content (AvgIpc) is 2.55. The first-order valence-electron chi connectivity index (χ1n) is 7.57. The van der Waals surface area contributed by atoms with E-state index in [1.807, 2.05) is 31.2 Å². The van der Waals surface area contributed by atoms with Gasteiger partial charge in [-0.25, -0.2) is 4.98 Å². The number of anilines is 1. The summed E-state index contributed by atoms with van der Waals surface area (Å²) in [5.41, 5.74) is 1.13. The van der Waals surface area contributed by atoms with Crippen LogP contribution in [-0.4, -0.2) is 38.0 Å². The maximum Gasteiger partial charge on any atom is 0.148 e. The van der Waals surface area contributed by atoms with Crippen LogP contribution in [0.4, 0.5) is 5.69 Å². The van der Waals surface area contributed by atoms with Crippen LogP contribution in [0.15, 0.2) is 30.5 Å². The molecule has 23 heavy (non-hydrogen) atoms. The highest BCUT2D eigenvalue weighted by molar-refractivity contribution is 8.23. The van der Waals surface area contributed by atoms with Crippen LogP contribution < -0.4 is 4.31 Å². The Balaban J connectivity index is 2.07. The van der Waals surface area contributed by atoms with Crippen molar-refractivity contribution in [3.8, 4) is 6.07 Å². The second-order valence-corrected chi connectivity index (χ2v) is 7.75. The zero-order chi connectivity index (χ0) is 16.6. The van der Waals surface area contributed by atoms with Crippen LogP contribution in [-0.2, 0) is 0 Å².